The van der Waals surface area contributed by atoms with Gasteiger partial charge < -0.3 is 15.1 Å². The van der Waals surface area contributed by atoms with Gasteiger partial charge in [-0.1, -0.05) is 6.92 Å². The van der Waals surface area contributed by atoms with E-state index in [0.29, 0.717) is 18.0 Å². The van der Waals surface area contributed by atoms with E-state index in [0.717, 1.165) is 35.9 Å². The lowest BCUT2D eigenvalue weighted by molar-refractivity contribution is 0.251. The summed E-state index contributed by atoms with van der Waals surface area (Å²) in [6, 6.07) is 13.9. The maximum absolute atomic E-state index is 4.70. The predicted molar refractivity (Wildman–Crippen MR) is 131 cm³/mol. The van der Waals surface area contributed by atoms with Gasteiger partial charge in [0.05, 0.1) is 5.69 Å². The zero-order chi connectivity index (χ0) is 22.2. The second kappa shape index (κ2) is 8.39. The Balaban J connectivity index is 1.31. The van der Waals surface area contributed by atoms with Gasteiger partial charge in [0.15, 0.2) is 0 Å². The van der Waals surface area contributed by atoms with E-state index in [4.69, 9.17) is 4.98 Å². The van der Waals surface area contributed by atoms with Crippen molar-refractivity contribution in [2.75, 3.05) is 48.8 Å². The van der Waals surface area contributed by atoms with Crippen molar-refractivity contribution in [3.8, 4) is 11.3 Å². The van der Waals surface area contributed by atoms with Crippen molar-refractivity contribution < 1.29 is 0 Å². The lowest BCUT2D eigenvalue weighted by Crippen LogP contribution is -2.46. The van der Waals surface area contributed by atoms with Crippen LogP contribution in [0.25, 0.3) is 11.3 Å². The Kier molecular flexibility index (Phi) is 5.43. The fraction of sp³-hybridized carbons (Fsp3) is 0.400. The van der Waals surface area contributed by atoms with E-state index in [-0.39, 0.29) is 0 Å². The molecule has 2 aliphatic heterocycles. The molecule has 1 N–H and O–H groups in total. The number of aromatic nitrogens is 3. The summed E-state index contributed by atoms with van der Waals surface area (Å²) >= 11 is 0. The standard InChI is InChI=1S/C25H31N7/c1-5-31-15-21-13-20(31)16-32(21)23-8-7-19(12-17(23)2)28-25-26-11-10-22(29-25)18-6-9-24(27-14-18)30(3)4/h6-12,14,20-21H,5,13,15-16H2,1-4H3,(H,26,28,29)/t20-,21-/m0/s1. The summed E-state index contributed by atoms with van der Waals surface area (Å²) in [5, 5.41) is 3.37. The Morgan fingerprint density at radius 2 is 1.94 bits per heavy atom. The van der Waals surface area contributed by atoms with Gasteiger partial charge in [-0.2, -0.15) is 0 Å². The van der Waals surface area contributed by atoms with Crippen molar-refractivity contribution in [1.29, 1.82) is 0 Å². The normalized spacial score (nSPS) is 20.1. The van der Waals surface area contributed by atoms with E-state index >= 15 is 0 Å². The fourth-order valence-corrected chi connectivity index (χ4v) is 5.00. The summed E-state index contributed by atoms with van der Waals surface area (Å²) in [6.07, 6.45) is 4.92. The molecule has 0 radical (unpaired) electrons. The van der Waals surface area contributed by atoms with Crippen molar-refractivity contribution in [3.63, 3.8) is 0 Å². The number of benzene rings is 1. The summed E-state index contributed by atoms with van der Waals surface area (Å²) in [6.45, 7) is 7.94. The van der Waals surface area contributed by atoms with Crippen LogP contribution in [0.3, 0.4) is 0 Å². The van der Waals surface area contributed by atoms with Gasteiger partial charge in [0.25, 0.3) is 0 Å². The summed E-state index contributed by atoms with van der Waals surface area (Å²) in [5.41, 5.74) is 5.45. The van der Waals surface area contributed by atoms with Crippen molar-refractivity contribution in [1.82, 2.24) is 19.9 Å². The third kappa shape index (κ3) is 3.88. The molecule has 7 nitrogen and oxygen atoms in total. The number of likely N-dealkylation sites (tertiary alicyclic amines) is 1. The molecule has 0 saturated carbocycles. The Hall–Kier alpha value is -3.19. The zero-order valence-corrected chi connectivity index (χ0v) is 19.3. The molecular formula is C25H31N7. The van der Waals surface area contributed by atoms with Crippen molar-refractivity contribution in [2.24, 2.45) is 0 Å². The van der Waals surface area contributed by atoms with Crippen molar-refractivity contribution >= 4 is 23.1 Å². The Morgan fingerprint density at radius 3 is 2.59 bits per heavy atom. The van der Waals surface area contributed by atoms with Gasteiger partial charge in [0.1, 0.15) is 5.82 Å². The third-order valence-corrected chi connectivity index (χ3v) is 6.68. The van der Waals surface area contributed by atoms with Gasteiger partial charge in [-0.25, -0.2) is 15.0 Å². The number of likely N-dealkylation sites (N-methyl/N-ethyl adjacent to an activating group) is 1. The molecule has 0 amide bonds. The number of nitrogens with zero attached hydrogens (tertiary/aromatic N) is 6. The largest absolute Gasteiger partial charge is 0.365 e. The van der Waals surface area contributed by atoms with Crippen LogP contribution < -0.4 is 15.1 Å². The molecule has 2 bridgehead atoms. The van der Waals surface area contributed by atoms with E-state index in [1.54, 1.807) is 6.20 Å². The molecule has 2 aromatic heterocycles. The van der Waals surface area contributed by atoms with Gasteiger partial charge in [-0.3, -0.25) is 4.90 Å². The number of fused-ring (bicyclic) bond motifs is 2. The highest BCUT2D eigenvalue weighted by atomic mass is 15.3. The van der Waals surface area contributed by atoms with Gasteiger partial charge in [-0.05, 0) is 61.9 Å². The number of rotatable bonds is 6. The van der Waals surface area contributed by atoms with Crippen LogP contribution in [-0.4, -0.2) is 65.7 Å². The molecule has 2 fully saturated rings. The highest BCUT2D eigenvalue weighted by Crippen LogP contribution is 2.36. The summed E-state index contributed by atoms with van der Waals surface area (Å²) in [5.74, 6) is 1.51. The summed E-state index contributed by atoms with van der Waals surface area (Å²) in [7, 11) is 3.96. The average Bonchev–Trinajstić information content (AvgIpc) is 3.40. The van der Waals surface area contributed by atoms with E-state index < -0.39 is 0 Å². The third-order valence-electron chi connectivity index (χ3n) is 6.68. The molecule has 5 rings (SSSR count). The average molecular weight is 430 g/mol. The minimum absolute atomic E-state index is 0.588. The Morgan fingerprint density at radius 1 is 1.06 bits per heavy atom. The lowest BCUT2D eigenvalue weighted by atomic mass is 10.1. The number of piperazine rings is 1. The summed E-state index contributed by atoms with van der Waals surface area (Å²) < 4.78 is 0. The highest BCUT2D eigenvalue weighted by molar-refractivity contribution is 5.66. The molecule has 166 valence electrons. The quantitative estimate of drug-likeness (QED) is 0.637. The van der Waals surface area contributed by atoms with Crippen LogP contribution in [0, 0.1) is 6.92 Å². The van der Waals surface area contributed by atoms with E-state index in [1.165, 1.54) is 24.2 Å². The topological polar surface area (TPSA) is 60.4 Å². The van der Waals surface area contributed by atoms with Crippen LogP contribution in [-0.2, 0) is 0 Å². The highest BCUT2D eigenvalue weighted by Gasteiger charge is 2.42. The van der Waals surface area contributed by atoms with Gasteiger partial charge in [-0.15, -0.1) is 0 Å². The maximum atomic E-state index is 4.70. The molecule has 7 heteroatoms. The molecule has 2 saturated heterocycles. The number of pyridine rings is 1. The maximum Gasteiger partial charge on any atom is 0.227 e. The van der Waals surface area contributed by atoms with Crippen LogP contribution in [0.4, 0.5) is 23.1 Å². The first kappa shape index (κ1) is 20.7. The lowest BCUT2D eigenvalue weighted by Gasteiger charge is -2.36. The first-order valence-corrected chi connectivity index (χ1v) is 11.4. The molecule has 0 spiro atoms. The molecule has 3 aromatic rings. The number of aryl methyl sites for hydroxylation is 1. The Labute approximate surface area is 190 Å². The molecule has 1 aromatic carbocycles. The van der Waals surface area contributed by atoms with Crippen LogP contribution >= 0.6 is 0 Å². The molecule has 0 unspecified atom stereocenters. The number of hydrogen-bond donors (Lipinski definition) is 1. The minimum Gasteiger partial charge on any atom is -0.365 e. The van der Waals surface area contributed by atoms with Crippen LogP contribution in [0.5, 0.6) is 0 Å². The van der Waals surface area contributed by atoms with Crippen LogP contribution in [0.2, 0.25) is 0 Å². The van der Waals surface area contributed by atoms with E-state index in [9.17, 15) is 0 Å². The number of hydrogen-bond acceptors (Lipinski definition) is 7. The smallest absolute Gasteiger partial charge is 0.227 e. The first-order valence-electron chi connectivity index (χ1n) is 11.4. The van der Waals surface area contributed by atoms with Gasteiger partial charge in [0, 0.05) is 68.6 Å². The second-order valence-corrected chi connectivity index (χ2v) is 8.97. The second-order valence-electron chi connectivity index (χ2n) is 8.97. The van der Waals surface area contributed by atoms with Gasteiger partial charge in [0.2, 0.25) is 5.95 Å². The first-order chi connectivity index (χ1) is 15.5. The molecule has 32 heavy (non-hydrogen) atoms. The molecule has 0 aliphatic carbocycles. The molecular weight excluding hydrogens is 398 g/mol. The number of anilines is 4. The molecule has 2 atom stereocenters. The molecule has 2 aliphatic rings. The SMILES string of the molecule is CCN1C[C@@H]2C[C@H]1CN2c1ccc(Nc2nccc(-c3ccc(N(C)C)nc3)n2)cc1C. The molecule has 4 heterocycles. The Bertz CT molecular complexity index is 1100. The zero-order valence-electron chi connectivity index (χ0n) is 19.3. The predicted octanol–water partition coefficient (Wildman–Crippen LogP) is 3.94. The minimum atomic E-state index is 0.588. The van der Waals surface area contributed by atoms with Crippen molar-refractivity contribution in [3.05, 3.63) is 54.4 Å². The monoisotopic (exact) mass is 429 g/mol. The van der Waals surface area contributed by atoms with Gasteiger partial charge >= 0.3 is 0 Å². The number of nitrogens with one attached hydrogen (secondary N) is 1. The summed E-state index contributed by atoms with van der Waals surface area (Å²) in [4.78, 5) is 20.8. The van der Waals surface area contributed by atoms with Crippen molar-refractivity contribution in [2.45, 2.75) is 32.4 Å². The fourth-order valence-electron chi connectivity index (χ4n) is 5.00. The van der Waals surface area contributed by atoms with Crippen LogP contribution in [0.1, 0.15) is 18.9 Å². The van der Waals surface area contributed by atoms with E-state index in [1.807, 2.05) is 43.4 Å². The van der Waals surface area contributed by atoms with E-state index in [2.05, 4.69) is 57.1 Å². The van der Waals surface area contributed by atoms with Crippen LogP contribution in [0.15, 0.2) is 48.8 Å².